The number of nitrogens with one attached hydrogen (secondary N) is 1. The van der Waals surface area contributed by atoms with Gasteiger partial charge in [-0.3, -0.25) is 4.68 Å². The molecule has 2 fully saturated rings. The van der Waals surface area contributed by atoms with Gasteiger partial charge in [-0.1, -0.05) is 0 Å². The molecule has 23 heavy (non-hydrogen) atoms. The highest BCUT2D eigenvalue weighted by atomic mass is 15.4. The third-order valence-electron chi connectivity index (χ3n) is 4.97. The second-order valence-electron chi connectivity index (χ2n) is 6.52. The fourth-order valence-electron chi connectivity index (χ4n) is 3.48. The van der Waals surface area contributed by atoms with E-state index in [1.54, 1.807) is 0 Å². The SMILES string of the molecule is c1cnn(C2(c3nc4nc(N5CCCCC5)ncc4[nH]3)CC2)c1. The highest BCUT2D eigenvalue weighted by molar-refractivity contribution is 5.71. The number of piperidine rings is 1. The summed E-state index contributed by atoms with van der Waals surface area (Å²) in [5, 5.41) is 4.40. The topological polar surface area (TPSA) is 75.5 Å². The number of imidazole rings is 1. The molecule has 1 saturated carbocycles. The molecule has 118 valence electrons. The van der Waals surface area contributed by atoms with Crippen molar-refractivity contribution in [2.45, 2.75) is 37.6 Å². The molecule has 3 aromatic heterocycles. The first-order valence-corrected chi connectivity index (χ1v) is 8.33. The molecule has 3 aromatic rings. The molecule has 7 nitrogen and oxygen atoms in total. The molecular formula is C16H19N7. The van der Waals surface area contributed by atoms with Crippen molar-refractivity contribution in [3.8, 4) is 0 Å². The summed E-state index contributed by atoms with van der Waals surface area (Å²) in [7, 11) is 0. The maximum Gasteiger partial charge on any atom is 0.227 e. The number of nitrogens with zero attached hydrogens (tertiary/aromatic N) is 6. The van der Waals surface area contributed by atoms with E-state index in [0.717, 1.165) is 48.9 Å². The summed E-state index contributed by atoms with van der Waals surface area (Å²) >= 11 is 0. The fraction of sp³-hybridized carbons (Fsp3) is 0.500. The lowest BCUT2D eigenvalue weighted by Crippen LogP contribution is -2.30. The first-order valence-electron chi connectivity index (χ1n) is 8.33. The van der Waals surface area contributed by atoms with Crippen molar-refractivity contribution in [1.29, 1.82) is 0 Å². The van der Waals surface area contributed by atoms with E-state index in [4.69, 9.17) is 4.98 Å². The van der Waals surface area contributed by atoms with Gasteiger partial charge in [-0.25, -0.2) is 9.97 Å². The minimum Gasteiger partial charge on any atom is -0.341 e. The highest BCUT2D eigenvalue weighted by Gasteiger charge is 2.49. The maximum absolute atomic E-state index is 4.76. The van der Waals surface area contributed by atoms with E-state index in [0.29, 0.717) is 0 Å². The summed E-state index contributed by atoms with van der Waals surface area (Å²) in [6.07, 6.45) is 11.5. The van der Waals surface area contributed by atoms with Crippen molar-refractivity contribution < 1.29 is 0 Å². The third kappa shape index (κ3) is 2.03. The number of H-pyrrole nitrogens is 1. The van der Waals surface area contributed by atoms with E-state index in [1.165, 1.54) is 19.3 Å². The molecule has 0 amide bonds. The van der Waals surface area contributed by atoms with Crippen LogP contribution in [0.25, 0.3) is 11.2 Å². The Kier molecular flexibility index (Phi) is 2.71. The predicted molar refractivity (Wildman–Crippen MR) is 86.3 cm³/mol. The average Bonchev–Trinajstić information content (AvgIpc) is 3.04. The van der Waals surface area contributed by atoms with Crippen LogP contribution in [0.2, 0.25) is 0 Å². The molecule has 5 rings (SSSR count). The molecule has 4 heterocycles. The van der Waals surface area contributed by atoms with Gasteiger partial charge in [0.05, 0.1) is 6.20 Å². The zero-order chi connectivity index (χ0) is 15.3. The number of fused-ring (bicyclic) bond motifs is 1. The van der Waals surface area contributed by atoms with Crippen molar-refractivity contribution in [1.82, 2.24) is 29.7 Å². The minimum absolute atomic E-state index is 0.116. The van der Waals surface area contributed by atoms with E-state index in [9.17, 15) is 0 Å². The minimum atomic E-state index is -0.116. The normalized spacial score (nSPS) is 20.1. The van der Waals surface area contributed by atoms with Crippen molar-refractivity contribution in [3.63, 3.8) is 0 Å². The summed E-state index contributed by atoms with van der Waals surface area (Å²) in [5.41, 5.74) is 1.54. The molecule has 0 radical (unpaired) electrons. The Morgan fingerprint density at radius 1 is 1.09 bits per heavy atom. The molecule has 0 spiro atoms. The zero-order valence-electron chi connectivity index (χ0n) is 12.9. The van der Waals surface area contributed by atoms with Gasteiger partial charge in [-0.2, -0.15) is 10.1 Å². The molecular weight excluding hydrogens is 290 g/mol. The Morgan fingerprint density at radius 3 is 2.70 bits per heavy atom. The van der Waals surface area contributed by atoms with Crippen molar-refractivity contribution in [3.05, 3.63) is 30.5 Å². The second-order valence-corrected chi connectivity index (χ2v) is 6.52. The van der Waals surface area contributed by atoms with Crippen LogP contribution in [0.15, 0.2) is 24.7 Å². The number of rotatable bonds is 3. The third-order valence-corrected chi connectivity index (χ3v) is 4.97. The van der Waals surface area contributed by atoms with Crippen LogP contribution in [0.1, 0.15) is 37.9 Å². The molecule has 2 aliphatic rings. The number of hydrogen-bond acceptors (Lipinski definition) is 5. The highest BCUT2D eigenvalue weighted by Crippen LogP contribution is 2.47. The molecule has 0 unspecified atom stereocenters. The molecule has 0 bridgehead atoms. The molecule has 1 N–H and O–H groups in total. The first-order chi connectivity index (χ1) is 11.4. The van der Waals surface area contributed by atoms with Gasteiger partial charge in [0.1, 0.15) is 16.9 Å². The number of anilines is 1. The van der Waals surface area contributed by atoms with Crippen LogP contribution in [0.3, 0.4) is 0 Å². The lowest BCUT2D eigenvalue weighted by atomic mass is 10.1. The molecule has 0 aromatic carbocycles. The molecule has 1 aliphatic carbocycles. The Bertz CT molecular complexity index is 825. The Labute approximate surface area is 133 Å². The van der Waals surface area contributed by atoms with Crippen molar-refractivity contribution in [2.24, 2.45) is 0 Å². The lowest BCUT2D eigenvalue weighted by molar-refractivity contribution is 0.485. The van der Waals surface area contributed by atoms with E-state index < -0.39 is 0 Å². The molecule has 1 saturated heterocycles. The Hall–Kier alpha value is -2.44. The quantitative estimate of drug-likeness (QED) is 0.801. The summed E-state index contributed by atoms with van der Waals surface area (Å²) in [4.78, 5) is 19.6. The molecule has 7 heteroatoms. The maximum atomic E-state index is 4.76. The van der Waals surface area contributed by atoms with Crippen LogP contribution >= 0.6 is 0 Å². The van der Waals surface area contributed by atoms with Gasteiger partial charge < -0.3 is 9.88 Å². The number of hydrogen-bond donors (Lipinski definition) is 1. The predicted octanol–water partition coefficient (Wildman–Crippen LogP) is 2.08. The van der Waals surface area contributed by atoms with Crippen molar-refractivity contribution in [2.75, 3.05) is 18.0 Å². The smallest absolute Gasteiger partial charge is 0.227 e. The Balaban J connectivity index is 1.53. The van der Waals surface area contributed by atoms with Crippen LogP contribution in [-0.4, -0.2) is 42.8 Å². The van der Waals surface area contributed by atoms with Gasteiger partial charge in [-0.05, 0) is 38.2 Å². The van der Waals surface area contributed by atoms with Crippen LogP contribution in [-0.2, 0) is 5.54 Å². The summed E-state index contributed by atoms with van der Waals surface area (Å²) < 4.78 is 2.00. The van der Waals surface area contributed by atoms with Gasteiger partial charge in [0.25, 0.3) is 0 Å². The number of aromatic amines is 1. The lowest BCUT2D eigenvalue weighted by Gasteiger charge is -2.26. The standard InChI is InChI=1S/C16H19N7/c1-2-8-22(9-3-1)15-17-11-12-13(21-15)20-14(19-12)16(5-6-16)23-10-4-7-18-23/h4,7,10-11H,1-3,5-6,8-9H2,(H,17,19,20,21). The second kappa shape index (κ2) is 4.78. The largest absolute Gasteiger partial charge is 0.341 e. The first kappa shape index (κ1) is 13.0. The molecule has 1 aliphatic heterocycles. The molecule has 0 atom stereocenters. The van der Waals surface area contributed by atoms with Gasteiger partial charge in [0.15, 0.2) is 5.65 Å². The van der Waals surface area contributed by atoms with Crippen LogP contribution in [0.4, 0.5) is 5.95 Å². The summed E-state index contributed by atoms with van der Waals surface area (Å²) in [6, 6.07) is 1.96. The van der Waals surface area contributed by atoms with Crippen LogP contribution in [0, 0.1) is 0 Å². The van der Waals surface area contributed by atoms with Crippen LogP contribution < -0.4 is 4.90 Å². The van der Waals surface area contributed by atoms with E-state index in [2.05, 4.69) is 25.0 Å². The van der Waals surface area contributed by atoms with Gasteiger partial charge in [0, 0.05) is 25.5 Å². The van der Waals surface area contributed by atoms with Gasteiger partial charge in [0.2, 0.25) is 5.95 Å². The average molecular weight is 309 g/mol. The Morgan fingerprint density at radius 2 is 1.96 bits per heavy atom. The zero-order valence-corrected chi connectivity index (χ0v) is 12.9. The van der Waals surface area contributed by atoms with Crippen LogP contribution in [0.5, 0.6) is 0 Å². The summed E-state index contributed by atoms with van der Waals surface area (Å²) in [5.74, 6) is 1.75. The van der Waals surface area contributed by atoms with E-state index >= 15 is 0 Å². The fourth-order valence-corrected chi connectivity index (χ4v) is 3.48. The van der Waals surface area contributed by atoms with Crippen molar-refractivity contribution >= 4 is 17.1 Å². The monoisotopic (exact) mass is 309 g/mol. The number of aromatic nitrogens is 6. The van der Waals surface area contributed by atoms with Gasteiger partial charge in [-0.15, -0.1) is 0 Å². The van der Waals surface area contributed by atoms with E-state index in [1.807, 2.05) is 29.3 Å². The van der Waals surface area contributed by atoms with Gasteiger partial charge >= 0.3 is 0 Å². The van der Waals surface area contributed by atoms with E-state index in [-0.39, 0.29) is 5.54 Å². The summed E-state index contributed by atoms with van der Waals surface area (Å²) in [6.45, 7) is 2.08.